The maximum atomic E-state index is 5.45. The third-order valence-electron chi connectivity index (χ3n) is 2.24. The van der Waals surface area contributed by atoms with Crippen molar-refractivity contribution in [2.75, 3.05) is 6.61 Å². The van der Waals surface area contributed by atoms with E-state index in [9.17, 15) is 0 Å². The third-order valence-corrected chi connectivity index (χ3v) is 2.72. The van der Waals surface area contributed by atoms with Gasteiger partial charge in [0.2, 0.25) is 5.82 Å². The number of nitrogens with zero attached hydrogens (tertiary/aromatic N) is 4. The molecule has 0 unspecified atom stereocenters. The molecule has 2 aromatic heterocycles. The van der Waals surface area contributed by atoms with Gasteiger partial charge in [0.1, 0.15) is 6.10 Å². The lowest BCUT2D eigenvalue weighted by atomic mass is 10.2. The topological polar surface area (TPSA) is 73.9 Å². The number of hydrogen-bond acceptors (Lipinski definition) is 7. The van der Waals surface area contributed by atoms with Crippen molar-refractivity contribution in [2.24, 2.45) is 0 Å². The van der Waals surface area contributed by atoms with Gasteiger partial charge in [-0.25, -0.2) is 0 Å². The molecule has 1 atom stereocenters. The molecular weight excluding hydrogens is 216 g/mol. The van der Waals surface area contributed by atoms with Crippen molar-refractivity contribution < 1.29 is 9.26 Å². The molecule has 7 heteroatoms. The lowest BCUT2D eigenvalue weighted by Crippen LogP contribution is -1.97. The van der Waals surface area contributed by atoms with Gasteiger partial charge in [0.15, 0.2) is 5.69 Å². The SMILES string of the molecule is c1nsnc1-c1nc([C@@H]2CCCO2)no1. The summed E-state index contributed by atoms with van der Waals surface area (Å²) in [6, 6.07) is 0. The molecule has 0 spiro atoms. The Morgan fingerprint density at radius 1 is 1.47 bits per heavy atom. The molecule has 0 aromatic carbocycles. The highest BCUT2D eigenvalue weighted by Gasteiger charge is 2.23. The van der Waals surface area contributed by atoms with Crippen LogP contribution in [0.4, 0.5) is 0 Å². The summed E-state index contributed by atoms with van der Waals surface area (Å²) in [7, 11) is 0. The molecule has 2 aromatic rings. The fourth-order valence-corrected chi connectivity index (χ4v) is 1.92. The second-order valence-electron chi connectivity index (χ2n) is 3.25. The van der Waals surface area contributed by atoms with Gasteiger partial charge in [-0.2, -0.15) is 13.7 Å². The zero-order valence-electron chi connectivity index (χ0n) is 7.79. The Balaban J connectivity index is 1.87. The van der Waals surface area contributed by atoms with Crippen molar-refractivity contribution in [1.29, 1.82) is 0 Å². The van der Waals surface area contributed by atoms with Crippen molar-refractivity contribution in [3.05, 3.63) is 12.0 Å². The Kier molecular flexibility index (Phi) is 2.18. The first-order chi connectivity index (χ1) is 7.43. The van der Waals surface area contributed by atoms with Crippen molar-refractivity contribution in [3.8, 4) is 11.6 Å². The first-order valence-electron chi connectivity index (χ1n) is 4.66. The fraction of sp³-hybridized carbons (Fsp3) is 0.500. The second kappa shape index (κ2) is 3.67. The molecule has 0 bridgehead atoms. The minimum atomic E-state index is -0.0194. The monoisotopic (exact) mass is 224 g/mol. The maximum absolute atomic E-state index is 5.45. The summed E-state index contributed by atoms with van der Waals surface area (Å²) in [5.74, 6) is 1.02. The van der Waals surface area contributed by atoms with E-state index in [1.165, 1.54) is 0 Å². The van der Waals surface area contributed by atoms with Crippen LogP contribution >= 0.6 is 11.7 Å². The van der Waals surface area contributed by atoms with Crippen LogP contribution in [-0.4, -0.2) is 25.5 Å². The fourth-order valence-electron chi connectivity index (χ4n) is 1.51. The van der Waals surface area contributed by atoms with Crippen LogP contribution in [0.1, 0.15) is 24.8 Å². The van der Waals surface area contributed by atoms with Gasteiger partial charge in [0, 0.05) is 6.61 Å². The molecule has 78 valence electrons. The highest BCUT2D eigenvalue weighted by atomic mass is 32.1. The van der Waals surface area contributed by atoms with Crippen LogP contribution in [0, 0.1) is 0 Å². The van der Waals surface area contributed by atoms with Gasteiger partial charge in [-0.05, 0) is 12.8 Å². The van der Waals surface area contributed by atoms with E-state index in [1.54, 1.807) is 6.20 Å². The van der Waals surface area contributed by atoms with E-state index in [-0.39, 0.29) is 6.10 Å². The van der Waals surface area contributed by atoms with E-state index >= 15 is 0 Å². The Morgan fingerprint density at radius 3 is 3.20 bits per heavy atom. The maximum Gasteiger partial charge on any atom is 0.279 e. The molecule has 1 fully saturated rings. The quantitative estimate of drug-likeness (QED) is 0.768. The van der Waals surface area contributed by atoms with Crippen LogP contribution < -0.4 is 0 Å². The molecule has 1 aliphatic heterocycles. The minimum Gasteiger partial charge on any atom is -0.370 e. The van der Waals surface area contributed by atoms with Gasteiger partial charge in [0.05, 0.1) is 17.9 Å². The van der Waals surface area contributed by atoms with Crippen molar-refractivity contribution in [3.63, 3.8) is 0 Å². The van der Waals surface area contributed by atoms with E-state index in [2.05, 4.69) is 18.9 Å². The van der Waals surface area contributed by atoms with Crippen molar-refractivity contribution in [1.82, 2.24) is 18.9 Å². The predicted octanol–water partition coefficient (Wildman–Crippen LogP) is 1.44. The molecule has 1 aliphatic rings. The van der Waals surface area contributed by atoms with Crippen LogP contribution in [-0.2, 0) is 4.74 Å². The average molecular weight is 224 g/mol. The lowest BCUT2D eigenvalue weighted by molar-refractivity contribution is 0.103. The van der Waals surface area contributed by atoms with Crippen molar-refractivity contribution >= 4 is 11.7 Å². The standard InChI is InChI=1S/C8H8N4O2S/c1-2-6(13-3-1)7-10-8(14-11-7)5-4-9-15-12-5/h4,6H,1-3H2/t6-/m0/s1. The highest BCUT2D eigenvalue weighted by molar-refractivity contribution is 6.99. The number of hydrogen-bond donors (Lipinski definition) is 0. The zero-order valence-corrected chi connectivity index (χ0v) is 8.61. The Labute approximate surface area is 89.6 Å². The van der Waals surface area contributed by atoms with E-state index in [1.807, 2.05) is 0 Å². The van der Waals surface area contributed by atoms with Gasteiger partial charge in [-0.3, -0.25) is 0 Å². The Bertz CT molecular complexity index is 435. The molecule has 0 aliphatic carbocycles. The molecule has 0 amide bonds. The molecule has 1 saturated heterocycles. The first kappa shape index (κ1) is 8.93. The van der Waals surface area contributed by atoms with Gasteiger partial charge in [-0.1, -0.05) is 5.16 Å². The first-order valence-corrected chi connectivity index (χ1v) is 5.39. The summed E-state index contributed by atoms with van der Waals surface area (Å²) in [5, 5.41) is 3.88. The van der Waals surface area contributed by atoms with E-state index in [0.29, 0.717) is 17.4 Å². The number of rotatable bonds is 2. The summed E-state index contributed by atoms with van der Waals surface area (Å²) >= 11 is 1.12. The van der Waals surface area contributed by atoms with E-state index in [0.717, 1.165) is 31.2 Å². The predicted molar refractivity (Wildman–Crippen MR) is 51.1 cm³/mol. The second-order valence-corrected chi connectivity index (χ2v) is 3.81. The molecule has 0 N–H and O–H groups in total. The molecule has 3 rings (SSSR count). The van der Waals surface area contributed by atoms with Gasteiger partial charge in [-0.15, -0.1) is 0 Å². The zero-order chi connectivity index (χ0) is 10.1. The normalized spacial score (nSPS) is 20.9. The molecule has 3 heterocycles. The summed E-state index contributed by atoms with van der Waals surface area (Å²) in [5.41, 5.74) is 0.622. The highest BCUT2D eigenvalue weighted by Crippen LogP contribution is 2.27. The summed E-state index contributed by atoms with van der Waals surface area (Å²) < 4.78 is 18.4. The van der Waals surface area contributed by atoms with E-state index < -0.39 is 0 Å². The third kappa shape index (κ3) is 1.64. The molecule has 6 nitrogen and oxygen atoms in total. The average Bonchev–Trinajstić information content (AvgIpc) is 3.02. The number of aromatic nitrogens is 4. The Hall–Kier alpha value is -1.34. The number of ether oxygens (including phenoxy) is 1. The van der Waals surface area contributed by atoms with Crippen LogP contribution in [0.25, 0.3) is 11.6 Å². The van der Waals surface area contributed by atoms with E-state index in [4.69, 9.17) is 9.26 Å². The summed E-state index contributed by atoms with van der Waals surface area (Å²) in [6.45, 7) is 0.771. The molecule has 0 radical (unpaired) electrons. The summed E-state index contributed by atoms with van der Waals surface area (Å²) in [6.07, 6.45) is 3.59. The smallest absolute Gasteiger partial charge is 0.279 e. The lowest BCUT2D eigenvalue weighted by Gasteiger charge is -2.00. The molecule has 15 heavy (non-hydrogen) atoms. The van der Waals surface area contributed by atoms with Gasteiger partial charge in [0.25, 0.3) is 5.89 Å². The molecule has 0 saturated carbocycles. The minimum absolute atomic E-state index is 0.0194. The largest absolute Gasteiger partial charge is 0.370 e. The van der Waals surface area contributed by atoms with Crippen LogP contribution in [0.15, 0.2) is 10.7 Å². The van der Waals surface area contributed by atoms with Gasteiger partial charge >= 0.3 is 0 Å². The molecular formula is C8H8N4O2S. The van der Waals surface area contributed by atoms with Crippen LogP contribution in [0.3, 0.4) is 0 Å². The van der Waals surface area contributed by atoms with Crippen LogP contribution in [0.5, 0.6) is 0 Å². The van der Waals surface area contributed by atoms with Gasteiger partial charge < -0.3 is 9.26 Å². The Morgan fingerprint density at radius 2 is 2.47 bits per heavy atom. The van der Waals surface area contributed by atoms with Crippen molar-refractivity contribution in [2.45, 2.75) is 18.9 Å². The van der Waals surface area contributed by atoms with Crippen LogP contribution in [0.2, 0.25) is 0 Å². The summed E-state index contributed by atoms with van der Waals surface area (Å²) in [4.78, 5) is 4.24.